The van der Waals surface area contributed by atoms with Gasteiger partial charge in [-0.25, -0.2) is 4.39 Å². The molecular formula is C18H19FN2O4. The van der Waals surface area contributed by atoms with Crippen LogP contribution in [0.4, 0.5) is 4.39 Å². The molecule has 0 bridgehead atoms. The highest BCUT2D eigenvalue weighted by molar-refractivity contribution is 5.92. The normalized spacial score (nSPS) is 17.4. The predicted octanol–water partition coefficient (Wildman–Crippen LogP) is 2.90. The fourth-order valence-corrected chi connectivity index (χ4v) is 2.90. The highest BCUT2D eigenvalue weighted by Crippen LogP contribution is 2.23. The molecule has 0 radical (unpaired) electrons. The van der Waals surface area contributed by atoms with Crippen molar-refractivity contribution in [2.45, 2.75) is 19.8 Å². The average Bonchev–Trinajstić information content (AvgIpc) is 3.12. The van der Waals surface area contributed by atoms with E-state index in [9.17, 15) is 14.0 Å². The number of aromatic nitrogens is 1. The zero-order valence-electron chi connectivity index (χ0n) is 13.9. The zero-order valence-corrected chi connectivity index (χ0v) is 13.9. The van der Waals surface area contributed by atoms with Gasteiger partial charge in [-0.05, 0) is 44.0 Å². The SMILES string of the molecule is CCOC(=O)[C@H]1CCCN(C(=O)c2cc(-c3ccc(F)cc3)no2)C1. The third-order valence-electron chi connectivity index (χ3n) is 4.19. The first-order valence-electron chi connectivity index (χ1n) is 8.27. The van der Waals surface area contributed by atoms with Crippen molar-refractivity contribution in [3.05, 3.63) is 41.9 Å². The second kappa shape index (κ2) is 7.46. The van der Waals surface area contributed by atoms with Gasteiger partial charge < -0.3 is 14.2 Å². The lowest BCUT2D eigenvalue weighted by Crippen LogP contribution is -2.42. The van der Waals surface area contributed by atoms with Crippen molar-refractivity contribution in [3.63, 3.8) is 0 Å². The van der Waals surface area contributed by atoms with E-state index in [1.165, 1.54) is 18.2 Å². The second-order valence-corrected chi connectivity index (χ2v) is 5.93. The van der Waals surface area contributed by atoms with Gasteiger partial charge >= 0.3 is 5.97 Å². The third kappa shape index (κ3) is 3.87. The molecule has 2 aromatic rings. The third-order valence-corrected chi connectivity index (χ3v) is 4.19. The number of nitrogens with zero attached hydrogens (tertiary/aromatic N) is 2. The summed E-state index contributed by atoms with van der Waals surface area (Å²) in [6, 6.07) is 7.31. The van der Waals surface area contributed by atoms with Gasteiger partial charge in [-0.15, -0.1) is 0 Å². The average molecular weight is 346 g/mol. The van der Waals surface area contributed by atoms with Crippen LogP contribution in [0.3, 0.4) is 0 Å². The molecule has 2 heterocycles. The molecule has 1 atom stereocenters. The summed E-state index contributed by atoms with van der Waals surface area (Å²) in [5, 5.41) is 3.88. The van der Waals surface area contributed by atoms with Gasteiger partial charge in [0.15, 0.2) is 0 Å². The molecule has 1 saturated heterocycles. The molecule has 1 aromatic heterocycles. The van der Waals surface area contributed by atoms with Crippen LogP contribution in [0.2, 0.25) is 0 Å². The van der Waals surface area contributed by atoms with Crippen LogP contribution < -0.4 is 0 Å². The van der Waals surface area contributed by atoms with E-state index in [1.54, 1.807) is 24.0 Å². The monoisotopic (exact) mass is 346 g/mol. The first-order valence-corrected chi connectivity index (χ1v) is 8.27. The van der Waals surface area contributed by atoms with E-state index in [0.717, 1.165) is 6.42 Å². The van der Waals surface area contributed by atoms with E-state index in [2.05, 4.69) is 5.16 Å². The Morgan fingerprint density at radius 2 is 2.12 bits per heavy atom. The smallest absolute Gasteiger partial charge is 0.310 e. The van der Waals surface area contributed by atoms with E-state index in [4.69, 9.17) is 9.26 Å². The molecule has 25 heavy (non-hydrogen) atoms. The van der Waals surface area contributed by atoms with Crippen LogP contribution in [0.1, 0.15) is 30.3 Å². The van der Waals surface area contributed by atoms with Crippen molar-refractivity contribution in [3.8, 4) is 11.3 Å². The molecule has 0 N–H and O–H groups in total. The van der Waals surface area contributed by atoms with Gasteiger partial charge in [0.05, 0.1) is 12.5 Å². The van der Waals surface area contributed by atoms with Gasteiger partial charge in [0.2, 0.25) is 5.76 Å². The molecule has 0 unspecified atom stereocenters. The zero-order chi connectivity index (χ0) is 17.8. The van der Waals surface area contributed by atoms with Crippen molar-refractivity contribution in [2.75, 3.05) is 19.7 Å². The highest BCUT2D eigenvalue weighted by atomic mass is 19.1. The summed E-state index contributed by atoms with van der Waals surface area (Å²) in [4.78, 5) is 26.1. The number of esters is 1. The lowest BCUT2D eigenvalue weighted by atomic mass is 9.98. The summed E-state index contributed by atoms with van der Waals surface area (Å²) < 4.78 is 23.2. The minimum atomic E-state index is -0.345. The predicted molar refractivity (Wildman–Crippen MR) is 87.2 cm³/mol. The Bertz CT molecular complexity index is 757. The minimum absolute atomic E-state index is 0.101. The number of amides is 1. The molecule has 3 rings (SSSR count). The molecule has 0 spiro atoms. The van der Waals surface area contributed by atoms with Crippen LogP contribution in [0.25, 0.3) is 11.3 Å². The number of benzene rings is 1. The van der Waals surface area contributed by atoms with Gasteiger partial charge in [0, 0.05) is 24.7 Å². The Morgan fingerprint density at radius 3 is 2.84 bits per heavy atom. The Balaban J connectivity index is 1.70. The number of piperidine rings is 1. The largest absolute Gasteiger partial charge is 0.466 e. The fourth-order valence-electron chi connectivity index (χ4n) is 2.90. The van der Waals surface area contributed by atoms with E-state index >= 15 is 0 Å². The summed E-state index contributed by atoms with van der Waals surface area (Å²) in [5.74, 6) is -1.14. The number of halogens is 1. The molecule has 132 valence electrons. The van der Waals surface area contributed by atoms with Gasteiger partial charge in [0.1, 0.15) is 11.5 Å². The van der Waals surface area contributed by atoms with Crippen LogP contribution in [0.15, 0.2) is 34.9 Å². The van der Waals surface area contributed by atoms with Crippen LogP contribution in [-0.2, 0) is 9.53 Å². The Hall–Kier alpha value is -2.70. The summed E-state index contributed by atoms with van der Waals surface area (Å²) in [6.07, 6.45) is 1.44. The molecule has 1 fully saturated rings. The van der Waals surface area contributed by atoms with Crippen molar-refractivity contribution in [2.24, 2.45) is 5.92 Å². The molecule has 0 aliphatic carbocycles. The number of hydrogen-bond acceptors (Lipinski definition) is 5. The molecule has 1 aliphatic heterocycles. The number of rotatable bonds is 4. The minimum Gasteiger partial charge on any atom is -0.466 e. The van der Waals surface area contributed by atoms with E-state index < -0.39 is 0 Å². The van der Waals surface area contributed by atoms with Crippen LogP contribution >= 0.6 is 0 Å². The summed E-state index contributed by atoms with van der Waals surface area (Å²) >= 11 is 0. The van der Waals surface area contributed by atoms with Crippen molar-refractivity contribution in [1.29, 1.82) is 0 Å². The number of carbonyl (C=O) groups excluding carboxylic acids is 2. The number of carbonyl (C=O) groups is 2. The summed E-state index contributed by atoms with van der Waals surface area (Å²) in [6.45, 7) is 2.95. The van der Waals surface area contributed by atoms with Gasteiger partial charge in [-0.1, -0.05) is 5.16 Å². The fraction of sp³-hybridized carbons (Fsp3) is 0.389. The maximum atomic E-state index is 13.0. The lowest BCUT2D eigenvalue weighted by molar-refractivity contribution is -0.149. The topological polar surface area (TPSA) is 72.6 Å². The quantitative estimate of drug-likeness (QED) is 0.796. The standard InChI is InChI=1S/C18H19FN2O4/c1-2-24-18(23)13-4-3-9-21(11-13)17(22)16-10-15(20-25-16)12-5-7-14(19)8-6-12/h5-8,10,13H,2-4,9,11H2,1H3/t13-/m0/s1. The summed E-state index contributed by atoms with van der Waals surface area (Å²) in [5.41, 5.74) is 1.12. The lowest BCUT2D eigenvalue weighted by Gasteiger charge is -2.30. The van der Waals surface area contributed by atoms with E-state index in [-0.39, 0.29) is 29.4 Å². The Morgan fingerprint density at radius 1 is 1.36 bits per heavy atom. The number of ether oxygens (including phenoxy) is 1. The highest BCUT2D eigenvalue weighted by Gasteiger charge is 2.31. The van der Waals surface area contributed by atoms with Crippen molar-refractivity contribution >= 4 is 11.9 Å². The molecule has 0 saturated carbocycles. The number of hydrogen-bond donors (Lipinski definition) is 0. The van der Waals surface area contributed by atoms with Crippen LogP contribution in [-0.4, -0.2) is 41.6 Å². The molecular weight excluding hydrogens is 327 g/mol. The van der Waals surface area contributed by atoms with Gasteiger partial charge in [-0.2, -0.15) is 0 Å². The summed E-state index contributed by atoms with van der Waals surface area (Å²) in [7, 11) is 0. The van der Waals surface area contributed by atoms with Crippen LogP contribution in [0, 0.1) is 11.7 Å². The molecule has 7 heteroatoms. The molecule has 1 aromatic carbocycles. The molecule has 6 nitrogen and oxygen atoms in total. The van der Waals surface area contributed by atoms with Crippen molar-refractivity contribution < 1.29 is 23.2 Å². The molecule has 1 amide bonds. The number of likely N-dealkylation sites (tertiary alicyclic amines) is 1. The van der Waals surface area contributed by atoms with E-state index in [1.807, 2.05) is 0 Å². The Labute approximate surface area is 144 Å². The van der Waals surface area contributed by atoms with Crippen molar-refractivity contribution in [1.82, 2.24) is 10.1 Å². The first kappa shape index (κ1) is 17.1. The maximum absolute atomic E-state index is 13.0. The maximum Gasteiger partial charge on any atom is 0.310 e. The molecule has 1 aliphatic rings. The van der Waals surface area contributed by atoms with E-state index in [0.29, 0.717) is 37.4 Å². The Kier molecular flexibility index (Phi) is 5.11. The van der Waals surface area contributed by atoms with Gasteiger partial charge in [-0.3, -0.25) is 9.59 Å². The first-order chi connectivity index (χ1) is 12.1. The van der Waals surface area contributed by atoms with Gasteiger partial charge in [0.25, 0.3) is 5.91 Å². The van der Waals surface area contributed by atoms with Crippen LogP contribution in [0.5, 0.6) is 0 Å². The second-order valence-electron chi connectivity index (χ2n) is 5.93.